The highest BCUT2D eigenvalue weighted by Gasteiger charge is 2.09. The number of rotatable bonds is 2. The number of H-pyrrole nitrogens is 1. The molecular weight excluding hydrogens is 238 g/mol. The van der Waals surface area contributed by atoms with Gasteiger partial charge in [-0.1, -0.05) is 6.07 Å². The van der Waals surface area contributed by atoms with Crippen molar-refractivity contribution in [2.75, 3.05) is 12.8 Å². The summed E-state index contributed by atoms with van der Waals surface area (Å²) in [6.07, 6.45) is 0. The fourth-order valence-corrected chi connectivity index (χ4v) is 2.13. The molecule has 0 fully saturated rings. The second kappa shape index (κ2) is 4.31. The van der Waals surface area contributed by atoms with E-state index in [0.717, 1.165) is 28.2 Å². The van der Waals surface area contributed by atoms with Crippen LogP contribution in [0.3, 0.4) is 0 Å². The van der Waals surface area contributed by atoms with E-state index in [0.29, 0.717) is 5.69 Å². The fraction of sp³-hybridized carbons (Fsp3) is 0.133. The topological polar surface area (TPSA) is 63.9 Å². The highest BCUT2D eigenvalue weighted by atomic mass is 16.5. The van der Waals surface area contributed by atoms with E-state index in [4.69, 9.17) is 10.5 Å². The molecule has 0 saturated heterocycles. The van der Waals surface area contributed by atoms with Gasteiger partial charge in [0.25, 0.3) is 0 Å². The van der Waals surface area contributed by atoms with Crippen molar-refractivity contribution in [2.45, 2.75) is 6.92 Å². The molecule has 0 aliphatic rings. The average molecular weight is 253 g/mol. The number of benzene rings is 2. The van der Waals surface area contributed by atoms with Crippen molar-refractivity contribution in [3.63, 3.8) is 0 Å². The number of aromatic nitrogens is 2. The van der Waals surface area contributed by atoms with E-state index in [9.17, 15) is 0 Å². The summed E-state index contributed by atoms with van der Waals surface area (Å²) in [6.45, 7) is 2.06. The lowest BCUT2D eigenvalue weighted by Crippen LogP contribution is -1.93. The number of methoxy groups -OCH3 is 1. The summed E-state index contributed by atoms with van der Waals surface area (Å²) in [5, 5.41) is 0. The summed E-state index contributed by atoms with van der Waals surface area (Å²) in [4.78, 5) is 7.86. The highest BCUT2D eigenvalue weighted by Crippen LogP contribution is 2.29. The molecular formula is C15H15N3O. The van der Waals surface area contributed by atoms with E-state index in [2.05, 4.69) is 23.0 Å². The normalized spacial score (nSPS) is 10.8. The van der Waals surface area contributed by atoms with Crippen LogP contribution in [0.5, 0.6) is 5.75 Å². The molecule has 0 atom stereocenters. The van der Waals surface area contributed by atoms with Gasteiger partial charge in [-0.05, 0) is 36.8 Å². The summed E-state index contributed by atoms with van der Waals surface area (Å²) in [6, 6.07) is 11.7. The van der Waals surface area contributed by atoms with Gasteiger partial charge in [-0.25, -0.2) is 4.98 Å². The number of nitrogens with two attached hydrogens (primary N) is 1. The average Bonchev–Trinajstić information content (AvgIpc) is 2.81. The van der Waals surface area contributed by atoms with Gasteiger partial charge >= 0.3 is 0 Å². The zero-order valence-corrected chi connectivity index (χ0v) is 10.9. The van der Waals surface area contributed by atoms with Crippen LogP contribution < -0.4 is 10.5 Å². The van der Waals surface area contributed by atoms with Gasteiger partial charge in [0.1, 0.15) is 11.6 Å². The number of nitrogens with zero attached hydrogens (tertiary/aromatic N) is 1. The number of anilines is 1. The standard InChI is InChI=1S/C15H15N3O/c1-9-3-6-13-14(7-9)18-15(17-13)11-5-4-10(19-2)8-12(11)16/h3-8H,16H2,1-2H3,(H,17,18). The monoisotopic (exact) mass is 253 g/mol. The molecule has 1 aromatic heterocycles. The highest BCUT2D eigenvalue weighted by molar-refractivity contribution is 5.83. The van der Waals surface area contributed by atoms with E-state index in [-0.39, 0.29) is 0 Å². The summed E-state index contributed by atoms with van der Waals surface area (Å²) in [5.41, 5.74) is 10.7. The minimum atomic E-state index is 0.648. The van der Waals surface area contributed by atoms with Gasteiger partial charge in [0.2, 0.25) is 0 Å². The van der Waals surface area contributed by atoms with Crippen LogP contribution >= 0.6 is 0 Å². The molecule has 0 unspecified atom stereocenters. The molecule has 0 spiro atoms. The Balaban J connectivity index is 2.13. The first kappa shape index (κ1) is 11.6. The summed E-state index contributed by atoms with van der Waals surface area (Å²) >= 11 is 0. The number of hydrogen-bond acceptors (Lipinski definition) is 3. The number of nitrogen functional groups attached to an aromatic ring is 1. The van der Waals surface area contributed by atoms with Gasteiger partial charge in [0, 0.05) is 17.3 Å². The Labute approximate surface area is 111 Å². The molecule has 96 valence electrons. The molecule has 19 heavy (non-hydrogen) atoms. The van der Waals surface area contributed by atoms with Crippen LogP contribution in [-0.4, -0.2) is 17.1 Å². The first-order chi connectivity index (χ1) is 9.17. The number of hydrogen-bond donors (Lipinski definition) is 2. The van der Waals surface area contributed by atoms with Gasteiger partial charge in [-0.3, -0.25) is 0 Å². The fourth-order valence-electron chi connectivity index (χ4n) is 2.13. The molecule has 0 aliphatic heterocycles. The summed E-state index contributed by atoms with van der Waals surface area (Å²) in [7, 11) is 1.62. The van der Waals surface area contributed by atoms with Crippen LogP contribution in [0.2, 0.25) is 0 Å². The van der Waals surface area contributed by atoms with Crippen LogP contribution in [0.25, 0.3) is 22.4 Å². The van der Waals surface area contributed by atoms with E-state index < -0.39 is 0 Å². The summed E-state index contributed by atoms with van der Waals surface area (Å²) in [5.74, 6) is 1.52. The second-order valence-electron chi connectivity index (χ2n) is 4.56. The number of imidazole rings is 1. The van der Waals surface area contributed by atoms with Crippen molar-refractivity contribution in [3.05, 3.63) is 42.0 Å². The summed E-state index contributed by atoms with van der Waals surface area (Å²) < 4.78 is 5.15. The Hall–Kier alpha value is -2.49. The zero-order valence-electron chi connectivity index (χ0n) is 10.9. The minimum Gasteiger partial charge on any atom is -0.497 e. The molecule has 3 aromatic rings. The number of nitrogens with one attached hydrogen (secondary N) is 1. The lowest BCUT2D eigenvalue weighted by molar-refractivity contribution is 0.415. The number of aromatic amines is 1. The molecule has 3 rings (SSSR count). The van der Waals surface area contributed by atoms with Crippen LogP contribution in [0.4, 0.5) is 5.69 Å². The third-order valence-corrected chi connectivity index (χ3v) is 3.15. The first-order valence-electron chi connectivity index (χ1n) is 6.07. The van der Waals surface area contributed by atoms with E-state index in [1.165, 1.54) is 5.56 Å². The van der Waals surface area contributed by atoms with Crippen molar-refractivity contribution in [2.24, 2.45) is 0 Å². The number of ether oxygens (including phenoxy) is 1. The molecule has 0 bridgehead atoms. The number of aryl methyl sites for hydroxylation is 1. The molecule has 0 aliphatic carbocycles. The molecule has 1 heterocycles. The number of fused-ring (bicyclic) bond motifs is 1. The van der Waals surface area contributed by atoms with Gasteiger partial charge in [-0.15, -0.1) is 0 Å². The van der Waals surface area contributed by atoms with Crippen molar-refractivity contribution in [1.29, 1.82) is 0 Å². The largest absolute Gasteiger partial charge is 0.497 e. The minimum absolute atomic E-state index is 0.648. The zero-order chi connectivity index (χ0) is 13.4. The third kappa shape index (κ3) is 2.01. The predicted molar refractivity (Wildman–Crippen MR) is 77.2 cm³/mol. The van der Waals surface area contributed by atoms with Crippen LogP contribution in [0.15, 0.2) is 36.4 Å². The predicted octanol–water partition coefficient (Wildman–Crippen LogP) is 3.13. The Morgan fingerprint density at radius 3 is 2.74 bits per heavy atom. The molecule has 2 aromatic carbocycles. The maximum atomic E-state index is 6.04. The van der Waals surface area contributed by atoms with Crippen molar-refractivity contribution < 1.29 is 4.74 Å². The maximum absolute atomic E-state index is 6.04. The second-order valence-corrected chi connectivity index (χ2v) is 4.56. The SMILES string of the molecule is COc1ccc(-c2nc3ccc(C)cc3[nH]2)c(N)c1. The van der Waals surface area contributed by atoms with E-state index in [1.807, 2.05) is 24.3 Å². The first-order valence-corrected chi connectivity index (χ1v) is 6.07. The molecule has 0 saturated carbocycles. The molecule has 4 heteroatoms. The van der Waals surface area contributed by atoms with Crippen LogP contribution in [-0.2, 0) is 0 Å². The van der Waals surface area contributed by atoms with Gasteiger partial charge in [0.15, 0.2) is 0 Å². The van der Waals surface area contributed by atoms with Gasteiger partial charge in [0.05, 0.1) is 18.1 Å². The maximum Gasteiger partial charge on any atom is 0.140 e. The molecule has 0 amide bonds. The third-order valence-electron chi connectivity index (χ3n) is 3.15. The van der Waals surface area contributed by atoms with Gasteiger partial charge < -0.3 is 15.5 Å². The quantitative estimate of drug-likeness (QED) is 0.690. The van der Waals surface area contributed by atoms with Crippen LogP contribution in [0, 0.1) is 6.92 Å². The Bertz CT molecular complexity index is 746. The van der Waals surface area contributed by atoms with Crippen LogP contribution in [0.1, 0.15) is 5.56 Å². The molecule has 0 radical (unpaired) electrons. The van der Waals surface area contributed by atoms with Crippen molar-refractivity contribution in [1.82, 2.24) is 9.97 Å². The molecule has 3 N–H and O–H groups in total. The lowest BCUT2D eigenvalue weighted by atomic mass is 10.1. The Morgan fingerprint density at radius 1 is 1.16 bits per heavy atom. The van der Waals surface area contributed by atoms with E-state index in [1.54, 1.807) is 13.2 Å². The van der Waals surface area contributed by atoms with Crippen molar-refractivity contribution >= 4 is 16.7 Å². The Morgan fingerprint density at radius 2 is 2.00 bits per heavy atom. The Kier molecular flexibility index (Phi) is 2.63. The lowest BCUT2D eigenvalue weighted by Gasteiger charge is -2.05. The van der Waals surface area contributed by atoms with Gasteiger partial charge in [-0.2, -0.15) is 0 Å². The van der Waals surface area contributed by atoms with E-state index >= 15 is 0 Å². The van der Waals surface area contributed by atoms with Crippen molar-refractivity contribution in [3.8, 4) is 17.1 Å². The molecule has 4 nitrogen and oxygen atoms in total. The smallest absolute Gasteiger partial charge is 0.140 e.